The number of primary amides is 1. The smallest absolute Gasteiger partial charge is 0.252 e. The molecule has 0 atom stereocenters. The molecule has 0 unspecified atom stereocenters. The average molecular weight is 321 g/mol. The molecule has 1 heterocycles. The first kappa shape index (κ1) is 13.4. The van der Waals surface area contributed by atoms with Crippen molar-refractivity contribution in [2.24, 2.45) is 5.73 Å². The number of nitrogens with two attached hydrogens (primary N) is 2. The number of nitrogens with zero attached hydrogens (tertiary/aromatic N) is 1. The molecule has 2 rings (SSSR count). The number of hydrogen-bond donors (Lipinski definition) is 3. The Hall–Kier alpha value is -2.08. The number of carbonyl (C=O) groups is 1. The van der Waals surface area contributed by atoms with Gasteiger partial charge in [-0.2, -0.15) is 0 Å². The number of pyridine rings is 1. The Morgan fingerprint density at radius 2 is 2.11 bits per heavy atom. The van der Waals surface area contributed by atoms with Gasteiger partial charge in [0.05, 0.1) is 17.4 Å². The van der Waals surface area contributed by atoms with Crippen LogP contribution in [-0.2, 0) is 0 Å². The van der Waals surface area contributed by atoms with Gasteiger partial charge in [-0.25, -0.2) is 4.98 Å². The molecule has 0 saturated heterocycles. The maximum absolute atomic E-state index is 11.4. The number of nitrogen functional groups attached to an aromatic ring is 1. The van der Waals surface area contributed by atoms with E-state index in [0.717, 1.165) is 15.7 Å². The van der Waals surface area contributed by atoms with Gasteiger partial charge in [0, 0.05) is 10.2 Å². The van der Waals surface area contributed by atoms with E-state index < -0.39 is 5.91 Å². The summed E-state index contributed by atoms with van der Waals surface area (Å²) in [7, 11) is 0. The summed E-state index contributed by atoms with van der Waals surface area (Å²) in [5.41, 5.74) is 13.5. The molecule has 6 heteroatoms. The second-order valence-corrected chi connectivity index (χ2v) is 4.97. The minimum Gasteiger partial charge on any atom is -0.397 e. The summed E-state index contributed by atoms with van der Waals surface area (Å²) in [6.07, 6.45) is 1.47. The highest BCUT2D eigenvalue weighted by Crippen LogP contribution is 2.24. The quantitative estimate of drug-likeness (QED) is 0.810. The summed E-state index contributed by atoms with van der Waals surface area (Å²) >= 11 is 3.45. The van der Waals surface area contributed by atoms with E-state index in [-0.39, 0.29) is 5.56 Å². The Bertz CT molecular complexity index is 643. The molecular weight excluding hydrogens is 308 g/mol. The number of anilines is 3. The Morgan fingerprint density at radius 1 is 1.37 bits per heavy atom. The summed E-state index contributed by atoms with van der Waals surface area (Å²) in [5.74, 6) is -0.189. The van der Waals surface area contributed by atoms with Crippen molar-refractivity contribution in [1.82, 2.24) is 4.98 Å². The maximum atomic E-state index is 11.4. The van der Waals surface area contributed by atoms with Crippen LogP contribution in [0, 0.1) is 6.92 Å². The highest BCUT2D eigenvalue weighted by atomic mass is 79.9. The largest absolute Gasteiger partial charge is 0.397 e. The predicted octanol–water partition coefficient (Wildman–Crippen LogP) is 2.58. The van der Waals surface area contributed by atoms with E-state index in [0.29, 0.717) is 11.5 Å². The van der Waals surface area contributed by atoms with Gasteiger partial charge in [-0.1, -0.05) is 22.0 Å². The Morgan fingerprint density at radius 3 is 2.74 bits per heavy atom. The number of aromatic nitrogens is 1. The third kappa shape index (κ3) is 3.03. The highest BCUT2D eigenvalue weighted by molar-refractivity contribution is 9.10. The fourth-order valence-electron chi connectivity index (χ4n) is 1.58. The van der Waals surface area contributed by atoms with E-state index >= 15 is 0 Å². The van der Waals surface area contributed by atoms with Crippen molar-refractivity contribution in [2.75, 3.05) is 11.1 Å². The number of nitrogens with one attached hydrogen (secondary N) is 1. The van der Waals surface area contributed by atoms with Crippen molar-refractivity contribution in [3.05, 3.63) is 46.1 Å². The molecule has 0 aliphatic heterocycles. The summed E-state index contributed by atoms with van der Waals surface area (Å²) in [4.78, 5) is 15.5. The van der Waals surface area contributed by atoms with E-state index in [1.54, 1.807) is 0 Å². The predicted molar refractivity (Wildman–Crippen MR) is 79.3 cm³/mol. The van der Waals surface area contributed by atoms with Crippen LogP contribution in [0.4, 0.5) is 17.2 Å². The average Bonchev–Trinajstić information content (AvgIpc) is 2.36. The molecule has 0 aliphatic carbocycles. The molecule has 19 heavy (non-hydrogen) atoms. The van der Waals surface area contributed by atoms with Crippen LogP contribution in [0.15, 0.2) is 34.9 Å². The normalized spacial score (nSPS) is 10.2. The number of benzene rings is 1. The fourth-order valence-corrected chi connectivity index (χ4v) is 1.95. The van der Waals surface area contributed by atoms with E-state index in [4.69, 9.17) is 11.5 Å². The maximum Gasteiger partial charge on any atom is 0.252 e. The van der Waals surface area contributed by atoms with Crippen molar-refractivity contribution in [2.45, 2.75) is 6.92 Å². The van der Waals surface area contributed by atoms with Crippen LogP contribution >= 0.6 is 15.9 Å². The zero-order chi connectivity index (χ0) is 14.0. The van der Waals surface area contributed by atoms with Gasteiger partial charge >= 0.3 is 0 Å². The van der Waals surface area contributed by atoms with Gasteiger partial charge in [0.25, 0.3) is 5.91 Å². The minimum absolute atomic E-state index is 0.261. The topological polar surface area (TPSA) is 94.0 Å². The lowest BCUT2D eigenvalue weighted by Crippen LogP contribution is -2.14. The van der Waals surface area contributed by atoms with Gasteiger partial charge in [0.15, 0.2) is 0 Å². The van der Waals surface area contributed by atoms with Crippen LogP contribution < -0.4 is 16.8 Å². The third-order valence-electron chi connectivity index (χ3n) is 2.61. The molecule has 0 fully saturated rings. The van der Waals surface area contributed by atoms with Gasteiger partial charge in [0.1, 0.15) is 5.82 Å². The second-order valence-electron chi connectivity index (χ2n) is 4.12. The molecule has 0 spiro atoms. The van der Waals surface area contributed by atoms with Gasteiger partial charge in [-0.05, 0) is 30.7 Å². The number of amides is 1. The number of rotatable bonds is 3. The first-order valence-electron chi connectivity index (χ1n) is 5.56. The lowest BCUT2D eigenvalue weighted by molar-refractivity contribution is 0.100. The van der Waals surface area contributed by atoms with Crippen molar-refractivity contribution < 1.29 is 4.79 Å². The van der Waals surface area contributed by atoms with E-state index in [1.165, 1.54) is 12.3 Å². The Labute approximate surface area is 119 Å². The van der Waals surface area contributed by atoms with Crippen molar-refractivity contribution >= 4 is 39.0 Å². The Balaban J connectivity index is 2.37. The molecule has 1 aromatic heterocycles. The van der Waals surface area contributed by atoms with Crippen LogP contribution in [0.5, 0.6) is 0 Å². The van der Waals surface area contributed by atoms with Crippen LogP contribution in [-0.4, -0.2) is 10.9 Å². The monoisotopic (exact) mass is 320 g/mol. The van der Waals surface area contributed by atoms with Gasteiger partial charge in [0.2, 0.25) is 0 Å². The van der Waals surface area contributed by atoms with Crippen molar-refractivity contribution in [3.63, 3.8) is 0 Å². The van der Waals surface area contributed by atoms with Crippen LogP contribution in [0.2, 0.25) is 0 Å². The number of halogens is 1. The molecule has 1 amide bonds. The summed E-state index contributed by atoms with van der Waals surface area (Å²) in [6.45, 7) is 1.99. The zero-order valence-electron chi connectivity index (χ0n) is 10.3. The van der Waals surface area contributed by atoms with E-state index in [1.807, 2.05) is 25.1 Å². The molecular formula is C13H13BrN4O. The molecule has 5 N–H and O–H groups in total. The van der Waals surface area contributed by atoms with Crippen LogP contribution in [0.25, 0.3) is 0 Å². The second kappa shape index (κ2) is 5.27. The SMILES string of the molecule is Cc1ccc(Nc2ncc(N)cc2C(N)=O)cc1Br. The molecule has 0 bridgehead atoms. The minimum atomic E-state index is -0.575. The van der Waals surface area contributed by atoms with Crippen LogP contribution in [0.3, 0.4) is 0 Å². The number of hydrogen-bond acceptors (Lipinski definition) is 4. The number of aryl methyl sites for hydroxylation is 1. The van der Waals surface area contributed by atoms with Crippen molar-refractivity contribution in [3.8, 4) is 0 Å². The molecule has 1 aromatic carbocycles. The first-order valence-corrected chi connectivity index (χ1v) is 6.35. The molecule has 0 radical (unpaired) electrons. The summed E-state index contributed by atoms with van der Waals surface area (Å²) in [5, 5.41) is 3.05. The molecule has 2 aromatic rings. The van der Waals surface area contributed by atoms with Gasteiger partial charge in [-0.3, -0.25) is 4.79 Å². The lowest BCUT2D eigenvalue weighted by Gasteiger charge is -2.10. The lowest BCUT2D eigenvalue weighted by atomic mass is 10.2. The van der Waals surface area contributed by atoms with Crippen LogP contribution in [0.1, 0.15) is 15.9 Å². The highest BCUT2D eigenvalue weighted by Gasteiger charge is 2.10. The number of carbonyl (C=O) groups excluding carboxylic acids is 1. The summed E-state index contributed by atoms with van der Waals surface area (Å²) < 4.78 is 0.966. The van der Waals surface area contributed by atoms with E-state index in [9.17, 15) is 4.79 Å². The standard InChI is InChI=1S/C13H13BrN4O/c1-7-2-3-9(5-11(7)14)18-13-10(12(16)19)4-8(15)6-17-13/h2-6H,15H2,1H3,(H2,16,19)(H,17,18). The zero-order valence-corrected chi connectivity index (χ0v) is 11.9. The Kier molecular flexibility index (Phi) is 3.71. The first-order chi connectivity index (χ1) is 8.97. The molecule has 98 valence electrons. The molecule has 0 saturated carbocycles. The third-order valence-corrected chi connectivity index (χ3v) is 3.46. The molecule has 0 aliphatic rings. The summed E-state index contributed by atoms with van der Waals surface area (Å²) in [6, 6.07) is 7.25. The van der Waals surface area contributed by atoms with Gasteiger partial charge in [-0.15, -0.1) is 0 Å². The fraction of sp³-hybridized carbons (Fsp3) is 0.0769. The van der Waals surface area contributed by atoms with E-state index in [2.05, 4.69) is 26.2 Å². The molecule has 5 nitrogen and oxygen atoms in total. The van der Waals surface area contributed by atoms with Crippen molar-refractivity contribution in [1.29, 1.82) is 0 Å². The van der Waals surface area contributed by atoms with Gasteiger partial charge < -0.3 is 16.8 Å².